The Kier molecular flexibility index (Phi) is 7.92. The maximum atomic E-state index is 5.34. The predicted molar refractivity (Wildman–Crippen MR) is 229 cm³/mol. The summed E-state index contributed by atoms with van der Waals surface area (Å²) >= 11 is 0. The van der Waals surface area contributed by atoms with Crippen LogP contribution in [0.4, 0.5) is 0 Å². The molecule has 1 unspecified atom stereocenters. The highest BCUT2D eigenvalue weighted by Gasteiger charge is 2.21. The number of amidine groups is 1. The second-order valence-corrected chi connectivity index (χ2v) is 14.0. The van der Waals surface area contributed by atoms with Gasteiger partial charge in [-0.3, -0.25) is 0 Å². The third-order valence-corrected chi connectivity index (χ3v) is 10.7. The maximum absolute atomic E-state index is 5.34. The van der Waals surface area contributed by atoms with Crippen molar-refractivity contribution in [1.82, 2.24) is 5.32 Å². The highest BCUT2D eigenvalue weighted by Crippen LogP contribution is 2.40. The molecular formula is C52H36N2. The van der Waals surface area contributed by atoms with Gasteiger partial charge in [-0.1, -0.05) is 188 Å². The van der Waals surface area contributed by atoms with Crippen molar-refractivity contribution in [2.45, 2.75) is 6.04 Å². The van der Waals surface area contributed by atoms with Crippen LogP contribution in [0.5, 0.6) is 0 Å². The summed E-state index contributed by atoms with van der Waals surface area (Å²) in [6, 6.07) is 71.9. The molecule has 2 nitrogen and oxygen atoms in total. The molecule has 9 aromatic carbocycles. The summed E-state index contributed by atoms with van der Waals surface area (Å²) in [7, 11) is 0. The molecule has 0 aliphatic carbocycles. The molecule has 10 rings (SSSR count). The monoisotopic (exact) mass is 688 g/mol. The normalized spacial score (nSPS) is 14.1. The van der Waals surface area contributed by atoms with E-state index in [0.29, 0.717) is 0 Å². The molecule has 0 aromatic heterocycles. The van der Waals surface area contributed by atoms with Crippen LogP contribution in [0.3, 0.4) is 0 Å². The molecule has 9 aromatic rings. The number of benzene rings is 9. The van der Waals surface area contributed by atoms with Gasteiger partial charge in [0.2, 0.25) is 0 Å². The zero-order valence-electron chi connectivity index (χ0n) is 29.7. The van der Waals surface area contributed by atoms with E-state index in [1.807, 2.05) is 0 Å². The molecule has 0 radical (unpaired) electrons. The number of nitrogens with zero attached hydrogens (tertiary/aromatic N) is 1. The molecule has 2 heteroatoms. The van der Waals surface area contributed by atoms with Gasteiger partial charge in [0.1, 0.15) is 5.84 Å². The van der Waals surface area contributed by atoms with Gasteiger partial charge < -0.3 is 5.32 Å². The lowest BCUT2D eigenvalue weighted by molar-refractivity contribution is 0.781. The van der Waals surface area contributed by atoms with E-state index in [1.165, 1.54) is 71.3 Å². The van der Waals surface area contributed by atoms with Crippen molar-refractivity contribution in [2.24, 2.45) is 4.99 Å². The van der Waals surface area contributed by atoms with Crippen molar-refractivity contribution in [3.63, 3.8) is 0 Å². The molecule has 1 N–H and O–H groups in total. The SMILES string of the molecule is C1=C(c2ccc(-c3ccccc3)c(-c3ccccc3)c2)N=C(c2ccc(-c3c4ccccc4cc4c3ccc3ccccc34)cc2)NC1c1ccccc1. The van der Waals surface area contributed by atoms with Gasteiger partial charge in [-0.2, -0.15) is 0 Å². The van der Waals surface area contributed by atoms with Crippen molar-refractivity contribution < 1.29 is 0 Å². The standard InChI is InChI=1S/C52H36N2/c1-4-14-35(15-5-1)44-30-29-42(33-47(44)36-16-6-2-7-17-36)50-34-49(38-19-8-3-9-20-38)53-52(54-50)40-26-24-39(25-27-40)51-45-23-13-11-21-41(45)32-48-43-22-12-10-18-37(43)28-31-46(48)51/h1-34,49H,(H,53,54). The van der Waals surface area contributed by atoms with Gasteiger partial charge in [-0.15, -0.1) is 0 Å². The van der Waals surface area contributed by atoms with Gasteiger partial charge in [-0.05, 0) is 89.5 Å². The molecule has 1 aliphatic rings. The van der Waals surface area contributed by atoms with Crippen LogP contribution in [-0.4, -0.2) is 5.84 Å². The number of aliphatic imine (C=N–C) groups is 1. The second-order valence-electron chi connectivity index (χ2n) is 14.0. The second kappa shape index (κ2) is 13.5. The van der Waals surface area contributed by atoms with Crippen LogP contribution < -0.4 is 5.32 Å². The van der Waals surface area contributed by atoms with Crippen molar-refractivity contribution in [3.05, 3.63) is 223 Å². The summed E-state index contributed by atoms with van der Waals surface area (Å²) in [5.74, 6) is 0.857. The molecule has 0 saturated heterocycles. The number of fused-ring (bicyclic) bond motifs is 4. The van der Waals surface area contributed by atoms with E-state index in [-0.39, 0.29) is 6.04 Å². The minimum Gasteiger partial charge on any atom is -0.359 e. The highest BCUT2D eigenvalue weighted by atomic mass is 15.0. The topological polar surface area (TPSA) is 24.4 Å². The molecule has 0 spiro atoms. The van der Waals surface area contributed by atoms with E-state index >= 15 is 0 Å². The summed E-state index contributed by atoms with van der Waals surface area (Å²) in [5.41, 5.74) is 11.5. The van der Waals surface area contributed by atoms with Crippen LogP contribution in [0.1, 0.15) is 22.7 Å². The number of hydrogen-bond donors (Lipinski definition) is 1. The quantitative estimate of drug-likeness (QED) is 0.136. The first-order chi connectivity index (χ1) is 26.8. The lowest BCUT2D eigenvalue weighted by Gasteiger charge is -2.25. The van der Waals surface area contributed by atoms with Crippen molar-refractivity contribution >= 4 is 43.9 Å². The van der Waals surface area contributed by atoms with Crippen LogP contribution in [0.25, 0.3) is 71.4 Å². The fourth-order valence-corrected chi connectivity index (χ4v) is 8.04. The lowest BCUT2D eigenvalue weighted by Crippen LogP contribution is -2.31. The van der Waals surface area contributed by atoms with Crippen molar-refractivity contribution in [3.8, 4) is 33.4 Å². The van der Waals surface area contributed by atoms with E-state index in [4.69, 9.17) is 4.99 Å². The van der Waals surface area contributed by atoms with E-state index in [9.17, 15) is 0 Å². The van der Waals surface area contributed by atoms with Crippen LogP contribution in [-0.2, 0) is 0 Å². The molecule has 0 fully saturated rings. The minimum absolute atomic E-state index is 0.0438. The Morgan fingerprint density at radius 1 is 0.370 bits per heavy atom. The van der Waals surface area contributed by atoms with Gasteiger partial charge in [0.05, 0.1) is 11.7 Å². The molecule has 0 saturated carbocycles. The van der Waals surface area contributed by atoms with Crippen molar-refractivity contribution in [2.75, 3.05) is 0 Å². The maximum Gasteiger partial charge on any atom is 0.134 e. The Bertz CT molecular complexity index is 2870. The number of hydrogen-bond acceptors (Lipinski definition) is 2. The van der Waals surface area contributed by atoms with Crippen LogP contribution in [0.2, 0.25) is 0 Å². The van der Waals surface area contributed by atoms with Crippen LogP contribution in [0.15, 0.2) is 211 Å². The Balaban J connectivity index is 1.09. The van der Waals surface area contributed by atoms with Gasteiger partial charge in [-0.25, -0.2) is 4.99 Å². The Hall–Kier alpha value is -7.03. The number of nitrogens with one attached hydrogen (secondary N) is 1. The predicted octanol–water partition coefficient (Wildman–Crippen LogP) is 13.3. The third kappa shape index (κ3) is 5.75. The fraction of sp³-hybridized carbons (Fsp3) is 0.0192. The van der Waals surface area contributed by atoms with Crippen LogP contribution in [0, 0.1) is 0 Å². The largest absolute Gasteiger partial charge is 0.359 e. The molecule has 1 heterocycles. The molecular weight excluding hydrogens is 653 g/mol. The van der Waals surface area contributed by atoms with E-state index in [2.05, 4.69) is 212 Å². The van der Waals surface area contributed by atoms with Gasteiger partial charge in [0.15, 0.2) is 0 Å². The smallest absolute Gasteiger partial charge is 0.134 e. The molecule has 0 amide bonds. The van der Waals surface area contributed by atoms with Crippen LogP contribution >= 0.6 is 0 Å². The zero-order valence-corrected chi connectivity index (χ0v) is 29.7. The first-order valence-electron chi connectivity index (χ1n) is 18.6. The molecule has 1 atom stereocenters. The first-order valence-corrected chi connectivity index (χ1v) is 18.6. The molecule has 1 aliphatic heterocycles. The zero-order chi connectivity index (χ0) is 35.8. The molecule has 54 heavy (non-hydrogen) atoms. The first kappa shape index (κ1) is 31.7. The van der Waals surface area contributed by atoms with E-state index in [1.54, 1.807) is 0 Å². The molecule has 0 bridgehead atoms. The van der Waals surface area contributed by atoms with Gasteiger partial charge >= 0.3 is 0 Å². The Morgan fingerprint density at radius 2 is 0.963 bits per heavy atom. The summed E-state index contributed by atoms with van der Waals surface area (Å²) in [5, 5.41) is 11.3. The lowest BCUT2D eigenvalue weighted by atomic mass is 9.89. The Morgan fingerprint density at radius 3 is 1.70 bits per heavy atom. The van der Waals surface area contributed by atoms with E-state index in [0.717, 1.165) is 22.7 Å². The van der Waals surface area contributed by atoms with Gasteiger partial charge in [0.25, 0.3) is 0 Å². The highest BCUT2D eigenvalue weighted by molar-refractivity contribution is 6.20. The summed E-state index contributed by atoms with van der Waals surface area (Å²) in [6.45, 7) is 0. The van der Waals surface area contributed by atoms with E-state index < -0.39 is 0 Å². The number of rotatable bonds is 6. The molecule has 254 valence electrons. The van der Waals surface area contributed by atoms with Gasteiger partial charge in [0, 0.05) is 11.1 Å². The third-order valence-electron chi connectivity index (χ3n) is 10.7. The minimum atomic E-state index is -0.0438. The van der Waals surface area contributed by atoms with Crippen molar-refractivity contribution in [1.29, 1.82) is 0 Å². The Labute approximate surface area is 315 Å². The average Bonchev–Trinajstić information content (AvgIpc) is 3.26. The summed E-state index contributed by atoms with van der Waals surface area (Å²) in [6.07, 6.45) is 2.26. The fourth-order valence-electron chi connectivity index (χ4n) is 8.04. The summed E-state index contributed by atoms with van der Waals surface area (Å²) in [4.78, 5) is 5.34. The average molecular weight is 689 g/mol. The summed E-state index contributed by atoms with van der Waals surface area (Å²) < 4.78 is 0.